The van der Waals surface area contributed by atoms with E-state index in [9.17, 15) is 14.5 Å². The van der Waals surface area contributed by atoms with Crippen molar-refractivity contribution < 1.29 is 28.3 Å². The van der Waals surface area contributed by atoms with Crippen molar-refractivity contribution in [1.29, 1.82) is 0 Å². The molecule has 9 heteroatoms. The first-order chi connectivity index (χ1) is 10.2. The smallest absolute Gasteiger partial charge is 0.407 e. The van der Waals surface area contributed by atoms with Crippen LogP contribution in [0, 0.1) is 0 Å². The van der Waals surface area contributed by atoms with Crippen LogP contribution in [-0.4, -0.2) is 53.9 Å². The monoisotopic (exact) mass is 357 g/mol. The fraction of sp³-hybridized carbons (Fsp3) is 0.923. The van der Waals surface area contributed by atoms with E-state index in [4.69, 9.17) is 13.8 Å². The summed E-state index contributed by atoms with van der Waals surface area (Å²) in [5, 5.41) is 11.9. The van der Waals surface area contributed by atoms with Crippen molar-refractivity contribution in [2.24, 2.45) is 0 Å². The van der Waals surface area contributed by atoms with Gasteiger partial charge in [0, 0.05) is 5.75 Å². The zero-order valence-electron chi connectivity index (χ0n) is 14.0. The van der Waals surface area contributed by atoms with Gasteiger partial charge >= 0.3 is 13.7 Å². The average molecular weight is 357 g/mol. The van der Waals surface area contributed by atoms with E-state index in [1.165, 1.54) is 11.8 Å². The van der Waals surface area contributed by atoms with Crippen molar-refractivity contribution in [2.45, 2.75) is 46.3 Å². The van der Waals surface area contributed by atoms with Crippen molar-refractivity contribution in [3.63, 3.8) is 0 Å². The molecule has 22 heavy (non-hydrogen) atoms. The highest BCUT2D eigenvalue weighted by Gasteiger charge is 2.25. The van der Waals surface area contributed by atoms with Crippen LogP contribution in [0.5, 0.6) is 0 Å². The fourth-order valence-electron chi connectivity index (χ4n) is 1.43. The van der Waals surface area contributed by atoms with Gasteiger partial charge in [-0.1, -0.05) is 0 Å². The molecule has 7 nitrogen and oxygen atoms in total. The van der Waals surface area contributed by atoms with E-state index >= 15 is 0 Å². The van der Waals surface area contributed by atoms with Crippen molar-refractivity contribution in [2.75, 3.05) is 31.1 Å². The maximum atomic E-state index is 12.3. The number of carbonyl (C=O) groups excluding carboxylic acids is 1. The maximum Gasteiger partial charge on any atom is 0.407 e. The summed E-state index contributed by atoms with van der Waals surface area (Å²) in [4.78, 5) is 11.6. The second-order valence-electron chi connectivity index (χ2n) is 5.47. The zero-order chi connectivity index (χ0) is 17.2. The second-order valence-corrected chi connectivity index (χ2v) is 8.98. The van der Waals surface area contributed by atoms with Crippen molar-refractivity contribution in [1.82, 2.24) is 5.32 Å². The summed E-state index contributed by atoms with van der Waals surface area (Å²) in [5.41, 5.74) is -0.432. The van der Waals surface area contributed by atoms with Gasteiger partial charge in [0.25, 0.3) is 0 Å². The first kappa shape index (κ1) is 21.7. The number of rotatable bonds is 10. The summed E-state index contributed by atoms with van der Waals surface area (Å²) < 4.78 is 27.7. The largest absolute Gasteiger partial charge is 0.444 e. The number of thioether (sulfide) groups is 1. The Morgan fingerprint density at radius 1 is 1.27 bits per heavy atom. The van der Waals surface area contributed by atoms with Crippen LogP contribution in [-0.2, 0) is 18.3 Å². The summed E-state index contributed by atoms with van der Waals surface area (Å²) >= 11 is 1.29. The highest BCUT2D eigenvalue weighted by molar-refractivity contribution is 8.04. The second kappa shape index (κ2) is 10.5. The number of alkyl carbamates (subject to hydrolysis) is 1. The van der Waals surface area contributed by atoms with E-state index in [1.807, 2.05) is 0 Å². The zero-order valence-corrected chi connectivity index (χ0v) is 15.7. The third kappa shape index (κ3) is 10.5. The van der Waals surface area contributed by atoms with Crippen LogP contribution in [0.2, 0.25) is 0 Å². The van der Waals surface area contributed by atoms with Crippen LogP contribution < -0.4 is 5.32 Å². The van der Waals surface area contributed by atoms with Gasteiger partial charge in [-0.3, -0.25) is 4.57 Å². The Morgan fingerprint density at radius 3 is 2.23 bits per heavy atom. The molecule has 1 amide bonds. The molecule has 0 aliphatic carbocycles. The number of aliphatic hydroxyl groups excluding tert-OH is 1. The van der Waals surface area contributed by atoms with E-state index in [2.05, 4.69) is 5.32 Å². The van der Waals surface area contributed by atoms with E-state index in [0.717, 1.165) is 0 Å². The topological polar surface area (TPSA) is 94.1 Å². The average Bonchev–Trinajstić information content (AvgIpc) is 2.35. The number of hydrogen-bond acceptors (Lipinski definition) is 7. The molecular weight excluding hydrogens is 329 g/mol. The molecule has 132 valence electrons. The van der Waals surface area contributed by atoms with Crippen LogP contribution in [0.15, 0.2) is 0 Å². The third-order valence-electron chi connectivity index (χ3n) is 2.16. The van der Waals surface area contributed by atoms with E-state index in [0.29, 0.717) is 19.0 Å². The maximum absolute atomic E-state index is 12.3. The Balaban J connectivity index is 4.29. The van der Waals surface area contributed by atoms with Gasteiger partial charge in [0.1, 0.15) is 5.60 Å². The molecule has 0 aromatic carbocycles. The van der Waals surface area contributed by atoms with Gasteiger partial charge in [0.05, 0.1) is 31.4 Å². The lowest BCUT2D eigenvalue weighted by atomic mass is 10.2. The molecule has 0 radical (unpaired) electrons. The minimum absolute atomic E-state index is 0.168. The lowest BCUT2D eigenvalue weighted by Crippen LogP contribution is -2.42. The molecule has 0 aromatic rings. The van der Waals surface area contributed by atoms with Crippen LogP contribution in [0.1, 0.15) is 34.6 Å². The van der Waals surface area contributed by atoms with Crippen LogP contribution in [0.25, 0.3) is 0 Å². The SMILES string of the molecule is CCOP(=O)(CSC[C@@H](CO)NC(=O)OC(C)(C)C)OCC. The molecule has 0 heterocycles. The van der Waals surface area contributed by atoms with Crippen LogP contribution in [0.4, 0.5) is 4.79 Å². The fourth-order valence-corrected chi connectivity index (χ4v) is 4.67. The summed E-state index contributed by atoms with van der Waals surface area (Å²) in [6.07, 6.45) is -0.593. The molecule has 0 aliphatic rings. The molecule has 0 saturated heterocycles. The van der Waals surface area contributed by atoms with Crippen LogP contribution in [0.3, 0.4) is 0 Å². The number of nitrogens with one attached hydrogen (secondary N) is 1. The molecule has 0 aromatic heterocycles. The van der Waals surface area contributed by atoms with Gasteiger partial charge in [-0.2, -0.15) is 0 Å². The molecule has 0 unspecified atom stereocenters. The molecule has 2 N–H and O–H groups in total. The van der Waals surface area contributed by atoms with Gasteiger partial charge in [-0.25, -0.2) is 4.79 Å². The summed E-state index contributed by atoms with van der Waals surface area (Å²) in [5.74, 6) is 0.375. The van der Waals surface area contributed by atoms with Gasteiger partial charge in [-0.05, 0) is 34.6 Å². The van der Waals surface area contributed by atoms with Crippen molar-refractivity contribution in [3.05, 3.63) is 0 Å². The number of ether oxygens (including phenoxy) is 1. The van der Waals surface area contributed by atoms with E-state index in [1.54, 1.807) is 34.6 Å². The van der Waals surface area contributed by atoms with Crippen molar-refractivity contribution in [3.8, 4) is 0 Å². The Kier molecular flexibility index (Phi) is 10.4. The molecule has 0 aliphatic heterocycles. The highest BCUT2D eigenvalue weighted by atomic mass is 32.2. The predicted molar refractivity (Wildman–Crippen MR) is 88.4 cm³/mol. The Morgan fingerprint density at radius 2 is 1.82 bits per heavy atom. The van der Waals surface area contributed by atoms with Gasteiger partial charge in [-0.15, -0.1) is 11.8 Å². The molecule has 1 atom stereocenters. The minimum atomic E-state index is -3.12. The normalized spacial score (nSPS) is 13.7. The number of carbonyl (C=O) groups is 1. The van der Waals surface area contributed by atoms with Crippen LogP contribution >= 0.6 is 19.4 Å². The lowest BCUT2D eigenvalue weighted by Gasteiger charge is -2.23. The van der Waals surface area contributed by atoms with E-state index in [-0.39, 0.29) is 12.1 Å². The summed E-state index contributed by atoms with van der Waals surface area (Å²) in [6.45, 7) is 9.14. The first-order valence-corrected chi connectivity index (χ1v) is 10.1. The predicted octanol–water partition coefficient (Wildman–Crippen LogP) is 2.83. The number of aliphatic hydroxyl groups is 1. The standard InChI is InChI=1S/C13H28NO6PS/c1-6-18-21(17,19-7-2)10-22-9-11(8-15)14-12(16)20-13(3,4)5/h11,15H,6-10H2,1-5H3,(H,14,16)/t11-/m1/s1. The number of amides is 1. The van der Waals surface area contributed by atoms with Gasteiger partial charge in [0.15, 0.2) is 0 Å². The Bertz CT molecular complexity index is 364. The lowest BCUT2D eigenvalue weighted by molar-refractivity contribution is 0.0491. The quantitative estimate of drug-likeness (QED) is 0.581. The molecule has 0 saturated carbocycles. The first-order valence-electron chi connectivity index (χ1n) is 7.22. The molecule has 0 fully saturated rings. The Labute approximate surface area is 137 Å². The highest BCUT2D eigenvalue weighted by Crippen LogP contribution is 2.50. The molecule has 0 bridgehead atoms. The van der Waals surface area contributed by atoms with Crippen molar-refractivity contribution >= 4 is 25.5 Å². The third-order valence-corrected chi connectivity index (χ3v) is 6.10. The van der Waals surface area contributed by atoms with Gasteiger partial charge in [0.2, 0.25) is 0 Å². The minimum Gasteiger partial charge on any atom is -0.444 e. The summed E-state index contributed by atoms with van der Waals surface area (Å²) in [6, 6.07) is -0.489. The summed E-state index contributed by atoms with van der Waals surface area (Å²) in [7, 11) is -3.12. The van der Waals surface area contributed by atoms with E-state index < -0.39 is 25.3 Å². The number of hydrogen-bond donors (Lipinski definition) is 2. The molecular formula is C13H28NO6PS. The molecule has 0 spiro atoms. The molecule has 0 rings (SSSR count). The Hall–Kier alpha value is -0.270. The van der Waals surface area contributed by atoms with Gasteiger partial charge < -0.3 is 24.2 Å².